The number of nitrogen functional groups attached to an aromatic ring is 1. The van der Waals surface area contributed by atoms with Gasteiger partial charge in [-0.1, -0.05) is 6.92 Å². The largest absolute Gasteiger partial charge is 0.383 e. The molecule has 0 aromatic carbocycles. The molecule has 0 fully saturated rings. The molecule has 0 aliphatic rings. The van der Waals surface area contributed by atoms with Gasteiger partial charge in [-0.25, -0.2) is 9.97 Å². The average molecular weight is 237 g/mol. The highest BCUT2D eigenvalue weighted by atomic mass is 32.1. The summed E-state index contributed by atoms with van der Waals surface area (Å²) in [6, 6.07) is 2.07. The Labute approximate surface area is 98.5 Å². The molecule has 2 rings (SSSR count). The summed E-state index contributed by atoms with van der Waals surface area (Å²) in [5, 5.41) is 0.953. The van der Waals surface area contributed by atoms with Crippen LogP contribution in [-0.2, 0) is 11.2 Å². The molecule has 2 aromatic heterocycles. The van der Waals surface area contributed by atoms with Crippen molar-refractivity contribution in [3.63, 3.8) is 0 Å². The van der Waals surface area contributed by atoms with E-state index in [4.69, 9.17) is 10.5 Å². The quantitative estimate of drug-likeness (QED) is 0.891. The first-order chi connectivity index (χ1) is 7.65. The summed E-state index contributed by atoms with van der Waals surface area (Å²) < 4.78 is 5.20. The zero-order valence-electron chi connectivity index (χ0n) is 9.65. The Morgan fingerprint density at radius 3 is 2.88 bits per heavy atom. The van der Waals surface area contributed by atoms with Gasteiger partial charge in [0.25, 0.3) is 0 Å². The maximum Gasteiger partial charge on any atom is 0.160 e. The van der Waals surface area contributed by atoms with Gasteiger partial charge < -0.3 is 10.5 Å². The van der Waals surface area contributed by atoms with E-state index in [1.165, 1.54) is 4.88 Å². The third-order valence-electron chi connectivity index (χ3n) is 2.56. The van der Waals surface area contributed by atoms with E-state index in [1.54, 1.807) is 18.4 Å². The SMILES string of the molecule is CCc1cc2c(N)nc(C(C)OC)nc2s1. The molecule has 1 unspecified atom stereocenters. The molecule has 1 atom stereocenters. The second-order valence-corrected chi connectivity index (χ2v) is 4.75. The summed E-state index contributed by atoms with van der Waals surface area (Å²) in [5.74, 6) is 1.19. The molecule has 2 heterocycles. The van der Waals surface area contributed by atoms with Crippen LogP contribution < -0.4 is 5.73 Å². The lowest BCUT2D eigenvalue weighted by molar-refractivity contribution is 0.112. The van der Waals surface area contributed by atoms with Crippen LogP contribution in [0, 0.1) is 0 Å². The molecule has 0 amide bonds. The number of hydrogen-bond donors (Lipinski definition) is 1. The van der Waals surface area contributed by atoms with E-state index in [0.29, 0.717) is 11.6 Å². The Balaban J connectivity index is 2.57. The molecular formula is C11H15N3OS. The number of nitrogens with two attached hydrogens (primary N) is 1. The molecule has 0 bridgehead atoms. The Kier molecular flexibility index (Phi) is 3.07. The average Bonchev–Trinajstić information content (AvgIpc) is 2.71. The predicted molar refractivity (Wildman–Crippen MR) is 66.6 cm³/mol. The first kappa shape index (κ1) is 11.3. The molecule has 0 saturated carbocycles. The summed E-state index contributed by atoms with van der Waals surface area (Å²) in [6.07, 6.45) is 0.870. The molecule has 5 heteroatoms. The fraction of sp³-hybridized carbons (Fsp3) is 0.455. The minimum Gasteiger partial charge on any atom is -0.383 e. The molecule has 0 radical (unpaired) electrons. The van der Waals surface area contributed by atoms with Crippen LogP contribution in [0.1, 0.15) is 30.7 Å². The van der Waals surface area contributed by atoms with Gasteiger partial charge in [0.05, 0.1) is 5.39 Å². The minimum atomic E-state index is -0.126. The van der Waals surface area contributed by atoms with Crippen molar-refractivity contribution in [2.45, 2.75) is 26.4 Å². The highest BCUT2D eigenvalue weighted by molar-refractivity contribution is 7.18. The van der Waals surface area contributed by atoms with Crippen LogP contribution in [0.5, 0.6) is 0 Å². The summed E-state index contributed by atoms with van der Waals surface area (Å²) >= 11 is 1.67. The fourth-order valence-corrected chi connectivity index (χ4v) is 2.45. The summed E-state index contributed by atoms with van der Waals surface area (Å²) in [6.45, 7) is 4.03. The maximum absolute atomic E-state index is 5.92. The first-order valence-electron chi connectivity index (χ1n) is 5.24. The molecule has 0 saturated heterocycles. The molecule has 0 spiro atoms. The molecule has 86 valence electrons. The second-order valence-electron chi connectivity index (χ2n) is 3.63. The summed E-state index contributed by atoms with van der Waals surface area (Å²) in [4.78, 5) is 11.0. The lowest BCUT2D eigenvalue weighted by atomic mass is 10.3. The van der Waals surface area contributed by atoms with E-state index in [2.05, 4.69) is 23.0 Å². The highest BCUT2D eigenvalue weighted by Gasteiger charge is 2.13. The lowest BCUT2D eigenvalue weighted by Crippen LogP contribution is -2.05. The van der Waals surface area contributed by atoms with E-state index in [-0.39, 0.29) is 6.10 Å². The van der Waals surface area contributed by atoms with Crippen molar-refractivity contribution in [1.29, 1.82) is 0 Å². The van der Waals surface area contributed by atoms with Crippen molar-refractivity contribution in [2.75, 3.05) is 12.8 Å². The van der Waals surface area contributed by atoms with E-state index < -0.39 is 0 Å². The number of ether oxygens (including phenoxy) is 1. The Morgan fingerprint density at radius 2 is 2.25 bits per heavy atom. The van der Waals surface area contributed by atoms with Gasteiger partial charge in [-0.15, -0.1) is 11.3 Å². The number of aryl methyl sites for hydroxylation is 1. The van der Waals surface area contributed by atoms with Crippen molar-refractivity contribution in [3.05, 3.63) is 16.8 Å². The van der Waals surface area contributed by atoms with Crippen molar-refractivity contribution in [2.24, 2.45) is 0 Å². The third kappa shape index (κ3) is 1.88. The van der Waals surface area contributed by atoms with Gasteiger partial charge in [-0.05, 0) is 19.4 Å². The molecule has 0 aliphatic heterocycles. The molecule has 0 aliphatic carbocycles. The van der Waals surface area contributed by atoms with Crippen LogP contribution in [0.3, 0.4) is 0 Å². The Hall–Kier alpha value is -1.20. The molecule has 2 aromatic rings. The normalized spacial score (nSPS) is 13.2. The topological polar surface area (TPSA) is 61.0 Å². The minimum absolute atomic E-state index is 0.126. The van der Waals surface area contributed by atoms with E-state index in [0.717, 1.165) is 16.6 Å². The van der Waals surface area contributed by atoms with Crippen LogP contribution in [0.25, 0.3) is 10.2 Å². The van der Waals surface area contributed by atoms with Gasteiger partial charge in [0, 0.05) is 12.0 Å². The number of aromatic nitrogens is 2. The van der Waals surface area contributed by atoms with Crippen LogP contribution in [0.2, 0.25) is 0 Å². The van der Waals surface area contributed by atoms with Crippen LogP contribution in [0.15, 0.2) is 6.07 Å². The highest BCUT2D eigenvalue weighted by Crippen LogP contribution is 2.29. The van der Waals surface area contributed by atoms with Gasteiger partial charge in [0.1, 0.15) is 16.8 Å². The predicted octanol–water partition coefficient (Wildman–Crippen LogP) is 2.54. The fourth-order valence-electron chi connectivity index (χ4n) is 1.47. The standard InChI is InChI=1S/C11H15N3OS/c1-4-7-5-8-9(12)13-10(6(2)15-3)14-11(8)16-7/h5-6H,4H2,1-3H3,(H2,12,13,14). The number of thiophene rings is 1. The lowest BCUT2D eigenvalue weighted by Gasteiger charge is -2.08. The van der Waals surface area contributed by atoms with Crippen molar-refractivity contribution >= 4 is 27.4 Å². The monoisotopic (exact) mass is 237 g/mol. The van der Waals surface area contributed by atoms with Gasteiger partial charge in [-0.3, -0.25) is 0 Å². The van der Waals surface area contributed by atoms with Gasteiger partial charge >= 0.3 is 0 Å². The van der Waals surface area contributed by atoms with E-state index >= 15 is 0 Å². The number of fused-ring (bicyclic) bond motifs is 1. The van der Waals surface area contributed by atoms with Crippen LogP contribution >= 0.6 is 11.3 Å². The van der Waals surface area contributed by atoms with E-state index in [1.807, 2.05) is 6.92 Å². The molecule has 16 heavy (non-hydrogen) atoms. The number of hydrogen-bond acceptors (Lipinski definition) is 5. The van der Waals surface area contributed by atoms with E-state index in [9.17, 15) is 0 Å². The summed E-state index contributed by atoms with van der Waals surface area (Å²) in [7, 11) is 1.64. The first-order valence-corrected chi connectivity index (χ1v) is 6.06. The molecular weight excluding hydrogens is 222 g/mol. The number of methoxy groups -OCH3 is 1. The zero-order chi connectivity index (χ0) is 11.7. The smallest absolute Gasteiger partial charge is 0.160 e. The van der Waals surface area contributed by atoms with Gasteiger partial charge in [0.15, 0.2) is 5.82 Å². The number of rotatable bonds is 3. The second kappa shape index (κ2) is 4.35. The Morgan fingerprint density at radius 1 is 1.50 bits per heavy atom. The Bertz CT molecular complexity index is 509. The summed E-state index contributed by atoms with van der Waals surface area (Å²) in [5.41, 5.74) is 5.92. The van der Waals surface area contributed by atoms with Crippen molar-refractivity contribution in [1.82, 2.24) is 9.97 Å². The van der Waals surface area contributed by atoms with Crippen LogP contribution in [-0.4, -0.2) is 17.1 Å². The van der Waals surface area contributed by atoms with Crippen LogP contribution in [0.4, 0.5) is 5.82 Å². The van der Waals surface area contributed by atoms with Gasteiger partial charge in [-0.2, -0.15) is 0 Å². The third-order valence-corrected chi connectivity index (χ3v) is 3.73. The molecule has 2 N–H and O–H groups in total. The number of anilines is 1. The maximum atomic E-state index is 5.92. The molecule has 4 nitrogen and oxygen atoms in total. The van der Waals surface area contributed by atoms with Crippen molar-refractivity contribution in [3.8, 4) is 0 Å². The van der Waals surface area contributed by atoms with Gasteiger partial charge in [0.2, 0.25) is 0 Å². The number of nitrogens with zero attached hydrogens (tertiary/aromatic N) is 2. The zero-order valence-corrected chi connectivity index (χ0v) is 10.5. The van der Waals surface area contributed by atoms with Crippen molar-refractivity contribution < 1.29 is 4.74 Å².